The molecule has 208 valence electrons. The van der Waals surface area contributed by atoms with Gasteiger partial charge in [0.05, 0.1) is 25.5 Å². The predicted molar refractivity (Wildman–Crippen MR) is 134 cm³/mol. The van der Waals surface area contributed by atoms with Crippen LogP contribution in [-0.2, 0) is 28.7 Å². The predicted octanol–water partition coefficient (Wildman–Crippen LogP) is 0.932. The van der Waals surface area contributed by atoms with E-state index in [0.29, 0.717) is 5.56 Å². The molecule has 5 N–H and O–H groups in total. The van der Waals surface area contributed by atoms with Crippen LogP contribution >= 0.6 is 0 Å². The van der Waals surface area contributed by atoms with Crippen molar-refractivity contribution >= 4 is 29.8 Å². The summed E-state index contributed by atoms with van der Waals surface area (Å²) in [5.41, 5.74) is 4.73. The number of hydrogen-bond acceptors (Lipinski definition) is 9. The third kappa shape index (κ3) is 9.96. The number of carbonyl (C=O) groups excluding carboxylic acids is 5. The van der Waals surface area contributed by atoms with Gasteiger partial charge in [0.25, 0.3) is 0 Å². The van der Waals surface area contributed by atoms with E-state index in [4.69, 9.17) is 15.2 Å². The molecular weight excluding hydrogens is 498 g/mol. The zero-order chi connectivity index (χ0) is 29.0. The second-order valence-corrected chi connectivity index (χ2v) is 9.25. The highest BCUT2D eigenvalue weighted by molar-refractivity contribution is 5.95. The summed E-state index contributed by atoms with van der Waals surface area (Å²) in [7, 11) is 0. The van der Waals surface area contributed by atoms with Gasteiger partial charge >= 0.3 is 12.1 Å². The fourth-order valence-electron chi connectivity index (χ4n) is 3.39. The number of benzene rings is 1. The van der Waals surface area contributed by atoms with Gasteiger partial charge in [-0.15, -0.1) is 0 Å². The molecule has 0 fully saturated rings. The number of nitrogens with zero attached hydrogens (tertiary/aromatic N) is 2. The van der Waals surface area contributed by atoms with Gasteiger partial charge in [0.2, 0.25) is 17.7 Å². The number of aryl methyl sites for hydroxylation is 1. The Bertz CT molecular complexity index is 1080. The Hall–Kier alpha value is -4.34. The van der Waals surface area contributed by atoms with Crippen LogP contribution in [0.3, 0.4) is 0 Å². The molecule has 0 radical (unpaired) electrons. The average Bonchev–Trinajstić information content (AvgIpc) is 2.79. The van der Waals surface area contributed by atoms with Gasteiger partial charge < -0.3 is 35.8 Å². The van der Waals surface area contributed by atoms with Crippen LogP contribution in [0.15, 0.2) is 18.2 Å². The van der Waals surface area contributed by atoms with Crippen LogP contribution in [-0.4, -0.2) is 71.1 Å². The molecule has 0 spiro atoms. The topological polar surface area (TPSA) is 201 Å². The van der Waals surface area contributed by atoms with Crippen LogP contribution in [0.1, 0.15) is 57.7 Å². The van der Waals surface area contributed by atoms with Crippen LogP contribution in [0.4, 0.5) is 4.79 Å². The number of nitrogens with one attached hydrogen (secondary N) is 2. The number of hydrogen-bond donors (Lipinski definition) is 4. The van der Waals surface area contributed by atoms with E-state index in [1.807, 2.05) is 0 Å². The molecule has 2 unspecified atom stereocenters. The number of para-hydroxylation sites is 1. The number of nitrogens with two attached hydrogens (primary N) is 1. The molecule has 0 aromatic heterocycles. The second kappa shape index (κ2) is 14.4. The molecule has 2 atom stereocenters. The lowest BCUT2D eigenvalue weighted by molar-refractivity contribution is -0.144. The van der Waals surface area contributed by atoms with Crippen molar-refractivity contribution in [1.82, 2.24) is 15.5 Å². The van der Waals surface area contributed by atoms with E-state index in [1.54, 1.807) is 46.8 Å². The van der Waals surface area contributed by atoms with Gasteiger partial charge in [0, 0.05) is 12.1 Å². The van der Waals surface area contributed by atoms with E-state index in [1.165, 1.54) is 12.1 Å². The molecule has 13 heteroatoms. The summed E-state index contributed by atoms with van der Waals surface area (Å²) in [6, 6.07) is 3.14. The first-order valence-electron chi connectivity index (χ1n) is 11.9. The first-order chi connectivity index (χ1) is 17.7. The Morgan fingerprint density at radius 1 is 1.21 bits per heavy atom. The van der Waals surface area contributed by atoms with Gasteiger partial charge in [-0.1, -0.05) is 18.2 Å². The molecule has 0 saturated carbocycles. The SMILES string of the molecule is CCOC(=O)CCNC(=O)C(c1cccc(C)c1O)N(CC#N)C(=O)C(CC(N)=O)NC(=O)OC(C)(C)C. The first kappa shape index (κ1) is 31.7. The third-order valence-corrected chi connectivity index (χ3v) is 4.98. The highest BCUT2D eigenvalue weighted by atomic mass is 16.6. The molecule has 4 amide bonds. The minimum atomic E-state index is -1.59. The average molecular weight is 534 g/mol. The lowest BCUT2D eigenvalue weighted by atomic mass is 9.99. The molecule has 1 aromatic rings. The highest BCUT2D eigenvalue weighted by Gasteiger charge is 2.38. The van der Waals surface area contributed by atoms with Crippen molar-refractivity contribution in [1.29, 1.82) is 5.26 Å². The van der Waals surface area contributed by atoms with E-state index < -0.39 is 60.4 Å². The summed E-state index contributed by atoms with van der Waals surface area (Å²) in [5.74, 6) is -3.63. The number of primary amides is 1. The summed E-state index contributed by atoms with van der Waals surface area (Å²) in [4.78, 5) is 63.5. The number of phenolic OH excluding ortho intramolecular Hbond substituents is 1. The van der Waals surface area contributed by atoms with Gasteiger partial charge in [-0.2, -0.15) is 5.26 Å². The van der Waals surface area contributed by atoms with Crippen molar-refractivity contribution in [2.45, 2.75) is 65.1 Å². The Labute approximate surface area is 221 Å². The summed E-state index contributed by atoms with van der Waals surface area (Å²) in [5, 5.41) is 25.0. The zero-order valence-corrected chi connectivity index (χ0v) is 22.2. The molecule has 13 nitrogen and oxygen atoms in total. The van der Waals surface area contributed by atoms with Crippen molar-refractivity contribution in [2.24, 2.45) is 5.73 Å². The molecule has 0 aliphatic carbocycles. The van der Waals surface area contributed by atoms with E-state index in [9.17, 15) is 34.3 Å². The molecule has 1 rings (SSSR count). The van der Waals surface area contributed by atoms with Gasteiger partial charge in [-0.25, -0.2) is 4.79 Å². The number of amides is 4. The summed E-state index contributed by atoms with van der Waals surface area (Å²) >= 11 is 0. The molecule has 0 aliphatic heterocycles. The number of nitriles is 1. The lowest BCUT2D eigenvalue weighted by Gasteiger charge is -2.33. The maximum Gasteiger partial charge on any atom is 0.408 e. The molecule has 0 saturated heterocycles. The fourth-order valence-corrected chi connectivity index (χ4v) is 3.39. The second-order valence-electron chi connectivity index (χ2n) is 9.25. The Kier molecular flexibility index (Phi) is 12.0. The molecular formula is C25H35N5O8. The number of carbonyl (C=O) groups is 5. The number of ether oxygens (including phenoxy) is 2. The number of aromatic hydroxyl groups is 1. The van der Waals surface area contributed by atoms with Gasteiger partial charge in [-0.3, -0.25) is 19.2 Å². The number of alkyl carbamates (subject to hydrolysis) is 1. The molecule has 0 bridgehead atoms. The summed E-state index contributed by atoms with van der Waals surface area (Å²) in [6.45, 7) is 7.33. The van der Waals surface area contributed by atoms with Crippen LogP contribution in [0.2, 0.25) is 0 Å². The third-order valence-electron chi connectivity index (χ3n) is 4.98. The highest BCUT2D eigenvalue weighted by Crippen LogP contribution is 2.32. The zero-order valence-electron chi connectivity index (χ0n) is 22.2. The van der Waals surface area contributed by atoms with E-state index in [-0.39, 0.29) is 30.9 Å². The summed E-state index contributed by atoms with van der Waals surface area (Å²) in [6.07, 6.45) is -1.84. The minimum Gasteiger partial charge on any atom is -0.507 e. The number of esters is 1. The van der Waals surface area contributed by atoms with Crippen molar-refractivity contribution < 1.29 is 38.6 Å². The maximum atomic E-state index is 13.6. The van der Waals surface area contributed by atoms with Crippen molar-refractivity contribution in [2.75, 3.05) is 19.7 Å². The van der Waals surface area contributed by atoms with E-state index >= 15 is 0 Å². The van der Waals surface area contributed by atoms with Gasteiger partial charge in [-0.05, 0) is 40.2 Å². The first-order valence-corrected chi connectivity index (χ1v) is 11.9. The monoisotopic (exact) mass is 533 g/mol. The standard InChI is InChI=1S/C25H35N5O8/c1-6-37-19(32)10-12-28-22(34)20(16-9-7-8-15(2)21(16)33)30(13-11-26)23(35)17(14-18(27)31)29-24(36)38-25(3,4)5/h7-9,17,20,33H,6,10,12-14H2,1-5H3,(H2,27,31)(H,28,34)(H,29,36). The Morgan fingerprint density at radius 2 is 1.87 bits per heavy atom. The van der Waals surface area contributed by atoms with Crippen LogP contribution in [0.25, 0.3) is 0 Å². The quantitative estimate of drug-likeness (QED) is 0.223. The number of phenols is 1. The van der Waals surface area contributed by atoms with Crippen LogP contribution in [0, 0.1) is 18.3 Å². The van der Waals surface area contributed by atoms with Crippen molar-refractivity contribution in [3.05, 3.63) is 29.3 Å². The van der Waals surface area contributed by atoms with Crippen LogP contribution in [0.5, 0.6) is 5.75 Å². The smallest absolute Gasteiger partial charge is 0.408 e. The van der Waals surface area contributed by atoms with Crippen molar-refractivity contribution in [3.63, 3.8) is 0 Å². The molecule has 0 heterocycles. The molecule has 1 aromatic carbocycles. The minimum absolute atomic E-state index is 0.0164. The molecule has 0 aliphatic rings. The summed E-state index contributed by atoms with van der Waals surface area (Å²) < 4.78 is 10.00. The van der Waals surface area contributed by atoms with E-state index in [0.717, 1.165) is 4.90 Å². The largest absolute Gasteiger partial charge is 0.507 e. The Morgan fingerprint density at radius 3 is 2.42 bits per heavy atom. The van der Waals surface area contributed by atoms with Crippen LogP contribution < -0.4 is 16.4 Å². The fraction of sp³-hybridized carbons (Fsp3) is 0.520. The van der Waals surface area contributed by atoms with Gasteiger partial charge in [0.15, 0.2) is 0 Å². The normalized spacial score (nSPS) is 12.3. The lowest BCUT2D eigenvalue weighted by Crippen LogP contribution is -2.54. The molecule has 38 heavy (non-hydrogen) atoms. The Balaban J connectivity index is 3.46. The van der Waals surface area contributed by atoms with Gasteiger partial charge in [0.1, 0.15) is 30.0 Å². The number of rotatable bonds is 12. The maximum absolute atomic E-state index is 13.6. The van der Waals surface area contributed by atoms with E-state index in [2.05, 4.69) is 10.6 Å². The van der Waals surface area contributed by atoms with Crippen molar-refractivity contribution in [3.8, 4) is 11.8 Å².